The summed E-state index contributed by atoms with van der Waals surface area (Å²) in [4.78, 5) is 19.1. The van der Waals surface area contributed by atoms with E-state index in [1.165, 1.54) is 11.4 Å². The molecule has 2 unspecified atom stereocenters. The quantitative estimate of drug-likeness (QED) is 0.544. The molecule has 9 nitrogen and oxygen atoms in total. The van der Waals surface area contributed by atoms with E-state index in [0.717, 1.165) is 24.8 Å². The number of benzene rings is 2. The molecule has 2 N–H and O–H groups in total. The SMILES string of the molecule is COc1ccc(S(=O)(=O)N2CCC3(C=C(C(=O)NC4CCCC4OCc4ccccc4)NO3)CC2)cc1. The molecule has 1 saturated carbocycles. The van der Waals surface area contributed by atoms with Crippen LogP contribution in [0.3, 0.4) is 0 Å². The zero-order valence-electron chi connectivity index (χ0n) is 20.9. The van der Waals surface area contributed by atoms with Crippen molar-refractivity contribution >= 4 is 15.9 Å². The predicted octanol–water partition coefficient (Wildman–Crippen LogP) is 2.89. The van der Waals surface area contributed by atoms with Gasteiger partial charge in [-0.1, -0.05) is 30.3 Å². The van der Waals surface area contributed by atoms with Crippen LogP contribution in [0, 0.1) is 0 Å². The number of methoxy groups -OCH3 is 1. The van der Waals surface area contributed by atoms with Crippen molar-refractivity contribution in [3.05, 3.63) is 71.9 Å². The van der Waals surface area contributed by atoms with Gasteiger partial charge in [-0.15, -0.1) is 0 Å². The molecule has 10 heteroatoms. The van der Waals surface area contributed by atoms with Crippen molar-refractivity contribution in [2.75, 3.05) is 20.2 Å². The summed E-state index contributed by atoms with van der Waals surface area (Å²) in [6.45, 7) is 1.10. The lowest BCUT2D eigenvalue weighted by molar-refractivity contribution is -0.121. The summed E-state index contributed by atoms with van der Waals surface area (Å²) in [5, 5.41) is 3.10. The first-order valence-corrected chi connectivity index (χ1v) is 14.1. The lowest BCUT2D eigenvalue weighted by Gasteiger charge is -2.35. The summed E-state index contributed by atoms with van der Waals surface area (Å²) in [6.07, 6.45) is 5.42. The van der Waals surface area contributed by atoms with Crippen molar-refractivity contribution in [2.24, 2.45) is 0 Å². The molecule has 2 heterocycles. The van der Waals surface area contributed by atoms with E-state index in [4.69, 9.17) is 14.3 Å². The lowest BCUT2D eigenvalue weighted by Crippen LogP contribution is -2.46. The van der Waals surface area contributed by atoms with Crippen LogP contribution in [-0.4, -0.2) is 56.6 Å². The van der Waals surface area contributed by atoms with Crippen LogP contribution < -0.4 is 15.5 Å². The maximum atomic E-state index is 13.1. The second-order valence-electron chi connectivity index (χ2n) is 9.75. The zero-order chi connectivity index (χ0) is 25.9. The molecule has 3 aliphatic rings. The standard InChI is InChI=1S/C27H33N3O6S/c1-34-21-10-12-22(13-11-21)37(32,33)30-16-14-27(15-17-30)18-24(29-36-27)26(31)28-23-8-5-9-25(23)35-19-20-6-3-2-4-7-20/h2-4,6-7,10-13,18,23,25,29H,5,8-9,14-17,19H2,1H3,(H,28,31). The third-order valence-corrected chi connectivity index (χ3v) is 9.27. The first-order valence-electron chi connectivity index (χ1n) is 12.7. The number of carbonyl (C=O) groups excluding carboxylic acids is 1. The van der Waals surface area contributed by atoms with Crippen LogP contribution in [0.15, 0.2) is 71.3 Å². The topological polar surface area (TPSA) is 106 Å². The summed E-state index contributed by atoms with van der Waals surface area (Å²) in [5.74, 6) is 0.370. The Bertz CT molecular complexity index is 1220. The van der Waals surface area contributed by atoms with Crippen LogP contribution >= 0.6 is 0 Å². The number of ether oxygens (including phenoxy) is 2. The maximum absolute atomic E-state index is 13.1. The number of sulfonamides is 1. The third-order valence-electron chi connectivity index (χ3n) is 7.36. The number of piperidine rings is 1. The second-order valence-corrected chi connectivity index (χ2v) is 11.7. The van der Waals surface area contributed by atoms with Crippen LogP contribution in [-0.2, 0) is 31.0 Å². The molecule has 0 radical (unpaired) electrons. The number of hydrogen-bond acceptors (Lipinski definition) is 7. The Labute approximate surface area is 217 Å². The molecule has 1 saturated heterocycles. The van der Waals surface area contributed by atoms with Gasteiger partial charge in [0, 0.05) is 13.1 Å². The Hall–Kier alpha value is -2.92. The molecule has 0 bridgehead atoms. The molecule has 37 heavy (non-hydrogen) atoms. The summed E-state index contributed by atoms with van der Waals surface area (Å²) in [6, 6.07) is 16.3. The van der Waals surface area contributed by atoms with Gasteiger partial charge in [0.05, 0.1) is 30.8 Å². The van der Waals surface area contributed by atoms with Crippen molar-refractivity contribution in [1.29, 1.82) is 0 Å². The molecule has 5 rings (SSSR count). The Morgan fingerprint density at radius 3 is 2.54 bits per heavy atom. The average Bonchev–Trinajstić information content (AvgIpc) is 3.55. The van der Waals surface area contributed by atoms with Gasteiger partial charge in [-0.25, -0.2) is 8.42 Å². The highest BCUT2D eigenvalue weighted by Gasteiger charge is 2.43. The minimum absolute atomic E-state index is 0.0348. The Kier molecular flexibility index (Phi) is 7.52. The lowest BCUT2D eigenvalue weighted by atomic mass is 9.92. The highest BCUT2D eigenvalue weighted by atomic mass is 32.2. The van der Waals surface area contributed by atoms with E-state index < -0.39 is 15.6 Å². The van der Waals surface area contributed by atoms with Crippen molar-refractivity contribution in [1.82, 2.24) is 15.1 Å². The monoisotopic (exact) mass is 527 g/mol. The summed E-state index contributed by atoms with van der Waals surface area (Å²) in [7, 11) is -2.08. The molecule has 2 atom stereocenters. The highest BCUT2D eigenvalue weighted by molar-refractivity contribution is 7.89. The van der Waals surface area contributed by atoms with Gasteiger partial charge >= 0.3 is 0 Å². The Balaban J connectivity index is 1.16. The maximum Gasteiger partial charge on any atom is 0.269 e. The van der Waals surface area contributed by atoms with Gasteiger partial charge in [0.1, 0.15) is 17.0 Å². The molecule has 2 fully saturated rings. The highest BCUT2D eigenvalue weighted by Crippen LogP contribution is 2.34. The fraction of sp³-hybridized carbons (Fsp3) is 0.444. The molecule has 2 aliphatic heterocycles. The molecule has 1 aliphatic carbocycles. The predicted molar refractivity (Wildman–Crippen MR) is 137 cm³/mol. The largest absolute Gasteiger partial charge is 0.497 e. The zero-order valence-corrected chi connectivity index (χ0v) is 21.7. The smallest absolute Gasteiger partial charge is 0.269 e. The third kappa shape index (κ3) is 5.67. The number of rotatable bonds is 8. The normalized spacial score (nSPS) is 23.4. The van der Waals surface area contributed by atoms with Gasteiger partial charge in [0.2, 0.25) is 10.0 Å². The van der Waals surface area contributed by atoms with E-state index in [1.807, 2.05) is 30.3 Å². The minimum atomic E-state index is -3.62. The first kappa shape index (κ1) is 25.7. The van der Waals surface area contributed by atoms with Crippen LogP contribution in [0.4, 0.5) is 0 Å². The van der Waals surface area contributed by atoms with Crippen LogP contribution in [0.2, 0.25) is 0 Å². The fourth-order valence-electron chi connectivity index (χ4n) is 5.15. The molecular formula is C27H33N3O6S. The van der Waals surface area contributed by atoms with Crippen molar-refractivity contribution < 1.29 is 27.5 Å². The van der Waals surface area contributed by atoms with E-state index in [0.29, 0.717) is 44.0 Å². The van der Waals surface area contributed by atoms with E-state index in [2.05, 4.69) is 10.8 Å². The van der Waals surface area contributed by atoms with Gasteiger partial charge in [-0.2, -0.15) is 4.31 Å². The molecular weight excluding hydrogens is 494 g/mol. The number of amides is 1. The number of nitrogens with zero attached hydrogens (tertiary/aromatic N) is 1. The van der Waals surface area contributed by atoms with Crippen molar-refractivity contribution in [3.8, 4) is 5.75 Å². The second kappa shape index (κ2) is 10.8. The fourth-order valence-corrected chi connectivity index (χ4v) is 6.59. The van der Waals surface area contributed by atoms with Gasteiger partial charge in [0.15, 0.2) is 0 Å². The van der Waals surface area contributed by atoms with E-state index in [1.54, 1.807) is 30.3 Å². The van der Waals surface area contributed by atoms with Crippen molar-refractivity contribution in [2.45, 2.75) is 61.4 Å². The summed E-state index contributed by atoms with van der Waals surface area (Å²) < 4.78 is 38.8. The first-order chi connectivity index (χ1) is 17.9. The number of hydrogen-bond donors (Lipinski definition) is 2. The summed E-state index contributed by atoms with van der Waals surface area (Å²) >= 11 is 0. The molecule has 1 spiro atoms. The minimum Gasteiger partial charge on any atom is -0.497 e. The molecule has 1 amide bonds. The Morgan fingerprint density at radius 2 is 1.84 bits per heavy atom. The average molecular weight is 528 g/mol. The number of hydroxylamine groups is 1. The number of carbonyl (C=O) groups is 1. The van der Waals surface area contributed by atoms with Gasteiger partial charge in [-0.05, 0) is 68.0 Å². The van der Waals surface area contributed by atoms with Crippen LogP contribution in [0.1, 0.15) is 37.7 Å². The molecule has 2 aromatic carbocycles. The van der Waals surface area contributed by atoms with E-state index in [9.17, 15) is 13.2 Å². The van der Waals surface area contributed by atoms with Crippen LogP contribution in [0.5, 0.6) is 5.75 Å². The molecule has 198 valence electrons. The summed E-state index contributed by atoms with van der Waals surface area (Å²) in [5.41, 5.74) is 3.55. The molecule has 2 aromatic rings. The van der Waals surface area contributed by atoms with E-state index >= 15 is 0 Å². The van der Waals surface area contributed by atoms with Crippen molar-refractivity contribution in [3.63, 3.8) is 0 Å². The van der Waals surface area contributed by atoms with Gasteiger partial charge in [-0.3, -0.25) is 15.1 Å². The Morgan fingerprint density at radius 1 is 1.11 bits per heavy atom. The van der Waals surface area contributed by atoms with Gasteiger partial charge < -0.3 is 14.8 Å². The number of nitrogens with one attached hydrogen (secondary N) is 2. The van der Waals surface area contributed by atoms with Gasteiger partial charge in [0.25, 0.3) is 5.91 Å². The van der Waals surface area contributed by atoms with E-state index in [-0.39, 0.29) is 22.9 Å². The van der Waals surface area contributed by atoms with Crippen LogP contribution in [0.25, 0.3) is 0 Å². The molecule has 0 aromatic heterocycles.